The quantitative estimate of drug-likeness (QED) is 0.727. The van der Waals surface area contributed by atoms with E-state index in [9.17, 15) is 0 Å². The highest BCUT2D eigenvalue weighted by molar-refractivity contribution is 4.77. The third-order valence-electron chi connectivity index (χ3n) is 3.38. The average molecular weight is 198 g/mol. The van der Waals surface area contributed by atoms with Crippen LogP contribution in [-0.4, -0.2) is 50.3 Å². The van der Waals surface area contributed by atoms with Crippen LogP contribution in [0.15, 0.2) is 0 Å². The molecule has 0 unspecified atom stereocenters. The van der Waals surface area contributed by atoms with E-state index in [1.807, 2.05) is 0 Å². The normalized spacial score (nSPS) is 31.1. The standard InChI is InChI=1S/C11H22N2O/c1-13-6-4-10(5-7-13)12-9-11-3-2-8-14-11/h10-12H,2-9H2,1H3/t11-/m1/s1. The summed E-state index contributed by atoms with van der Waals surface area (Å²) in [5.74, 6) is 0. The lowest BCUT2D eigenvalue weighted by Gasteiger charge is -2.30. The van der Waals surface area contributed by atoms with Crippen LogP contribution in [0.5, 0.6) is 0 Å². The highest BCUT2D eigenvalue weighted by Crippen LogP contribution is 2.13. The van der Waals surface area contributed by atoms with Gasteiger partial charge in [0.15, 0.2) is 0 Å². The SMILES string of the molecule is CN1CCC(NC[C@H]2CCCO2)CC1. The monoisotopic (exact) mass is 198 g/mol. The zero-order valence-electron chi connectivity index (χ0n) is 9.17. The van der Waals surface area contributed by atoms with Crippen molar-refractivity contribution in [1.82, 2.24) is 10.2 Å². The molecule has 0 aromatic carbocycles. The van der Waals surface area contributed by atoms with Crippen molar-refractivity contribution in [2.24, 2.45) is 0 Å². The second-order valence-corrected chi connectivity index (χ2v) is 4.62. The number of piperidine rings is 1. The second-order valence-electron chi connectivity index (χ2n) is 4.62. The molecule has 82 valence electrons. The summed E-state index contributed by atoms with van der Waals surface area (Å²) in [6.45, 7) is 4.51. The Labute approximate surface area is 86.8 Å². The molecule has 2 rings (SSSR count). The minimum atomic E-state index is 0.495. The number of nitrogens with one attached hydrogen (secondary N) is 1. The molecule has 0 amide bonds. The first-order valence-electron chi connectivity index (χ1n) is 5.88. The van der Waals surface area contributed by atoms with E-state index in [1.165, 1.54) is 38.8 Å². The van der Waals surface area contributed by atoms with Crippen LogP contribution in [0.2, 0.25) is 0 Å². The Hall–Kier alpha value is -0.120. The largest absolute Gasteiger partial charge is 0.377 e. The molecular formula is C11H22N2O. The van der Waals surface area contributed by atoms with E-state index in [1.54, 1.807) is 0 Å². The molecule has 14 heavy (non-hydrogen) atoms. The van der Waals surface area contributed by atoms with Gasteiger partial charge in [0.2, 0.25) is 0 Å². The first-order chi connectivity index (χ1) is 6.84. The molecule has 2 aliphatic heterocycles. The lowest BCUT2D eigenvalue weighted by atomic mass is 10.1. The average Bonchev–Trinajstić information content (AvgIpc) is 2.70. The van der Waals surface area contributed by atoms with Crippen molar-refractivity contribution >= 4 is 0 Å². The molecule has 0 bridgehead atoms. The molecule has 2 saturated heterocycles. The van der Waals surface area contributed by atoms with Gasteiger partial charge in [0.25, 0.3) is 0 Å². The molecule has 0 spiro atoms. The van der Waals surface area contributed by atoms with Crippen molar-refractivity contribution in [2.45, 2.75) is 37.8 Å². The Morgan fingerprint density at radius 1 is 1.29 bits per heavy atom. The van der Waals surface area contributed by atoms with Crippen LogP contribution in [0.25, 0.3) is 0 Å². The number of hydrogen-bond acceptors (Lipinski definition) is 3. The van der Waals surface area contributed by atoms with Crippen LogP contribution in [0, 0.1) is 0 Å². The van der Waals surface area contributed by atoms with E-state index in [0.717, 1.165) is 19.2 Å². The van der Waals surface area contributed by atoms with Gasteiger partial charge in [0.1, 0.15) is 0 Å². The van der Waals surface area contributed by atoms with Gasteiger partial charge in [-0.3, -0.25) is 0 Å². The maximum Gasteiger partial charge on any atom is 0.0700 e. The smallest absolute Gasteiger partial charge is 0.0700 e. The summed E-state index contributed by atoms with van der Waals surface area (Å²) in [5.41, 5.74) is 0. The van der Waals surface area contributed by atoms with Crippen LogP contribution in [0.4, 0.5) is 0 Å². The number of hydrogen-bond donors (Lipinski definition) is 1. The lowest BCUT2D eigenvalue weighted by Crippen LogP contribution is -2.43. The van der Waals surface area contributed by atoms with Gasteiger partial charge in [-0.05, 0) is 45.8 Å². The summed E-state index contributed by atoms with van der Waals surface area (Å²) in [7, 11) is 2.20. The van der Waals surface area contributed by atoms with E-state index in [-0.39, 0.29) is 0 Å². The summed E-state index contributed by atoms with van der Waals surface area (Å²) >= 11 is 0. The molecule has 2 aliphatic rings. The minimum absolute atomic E-state index is 0.495. The zero-order chi connectivity index (χ0) is 9.80. The van der Waals surface area contributed by atoms with Crippen LogP contribution in [0.1, 0.15) is 25.7 Å². The van der Waals surface area contributed by atoms with Gasteiger partial charge >= 0.3 is 0 Å². The van der Waals surface area contributed by atoms with Crippen molar-refractivity contribution in [3.05, 3.63) is 0 Å². The zero-order valence-corrected chi connectivity index (χ0v) is 9.17. The van der Waals surface area contributed by atoms with Crippen molar-refractivity contribution in [3.63, 3.8) is 0 Å². The first-order valence-corrected chi connectivity index (χ1v) is 5.88. The van der Waals surface area contributed by atoms with Crippen LogP contribution in [0.3, 0.4) is 0 Å². The maximum atomic E-state index is 5.59. The molecular weight excluding hydrogens is 176 g/mol. The molecule has 2 fully saturated rings. The fraction of sp³-hybridized carbons (Fsp3) is 1.00. The Morgan fingerprint density at radius 2 is 2.07 bits per heavy atom. The fourth-order valence-corrected chi connectivity index (χ4v) is 2.32. The Kier molecular flexibility index (Phi) is 3.79. The van der Waals surface area contributed by atoms with Gasteiger partial charge in [-0.1, -0.05) is 0 Å². The van der Waals surface area contributed by atoms with Gasteiger partial charge < -0.3 is 15.0 Å². The van der Waals surface area contributed by atoms with Crippen molar-refractivity contribution in [1.29, 1.82) is 0 Å². The predicted molar refractivity (Wildman–Crippen MR) is 57.5 cm³/mol. The topological polar surface area (TPSA) is 24.5 Å². The van der Waals surface area contributed by atoms with E-state index in [0.29, 0.717) is 6.10 Å². The fourth-order valence-electron chi connectivity index (χ4n) is 2.32. The Balaban J connectivity index is 1.60. The summed E-state index contributed by atoms with van der Waals surface area (Å²) in [5, 5.41) is 3.63. The lowest BCUT2D eigenvalue weighted by molar-refractivity contribution is 0.103. The van der Waals surface area contributed by atoms with Crippen LogP contribution >= 0.6 is 0 Å². The molecule has 1 N–H and O–H groups in total. The molecule has 1 atom stereocenters. The molecule has 0 saturated carbocycles. The summed E-state index contributed by atoms with van der Waals surface area (Å²) in [6.07, 6.45) is 5.58. The summed E-state index contributed by atoms with van der Waals surface area (Å²) in [6, 6.07) is 0.732. The minimum Gasteiger partial charge on any atom is -0.377 e. The first kappa shape index (κ1) is 10.4. The molecule has 0 aromatic rings. The van der Waals surface area contributed by atoms with E-state index >= 15 is 0 Å². The number of nitrogens with zero attached hydrogens (tertiary/aromatic N) is 1. The highest BCUT2D eigenvalue weighted by atomic mass is 16.5. The highest BCUT2D eigenvalue weighted by Gasteiger charge is 2.19. The van der Waals surface area contributed by atoms with E-state index in [2.05, 4.69) is 17.3 Å². The van der Waals surface area contributed by atoms with Crippen LogP contribution in [-0.2, 0) is 4.74 Å². The van der Waals surface area contributed by atoms with Gasteiger partial charge in [-0.2, -0.15) is 0 Å². The molecule has 3 heteroatoms. The number of likely N-dealkylation sites (tertiary alicyclic amines) is 1. The van der Waals surface area contributed by atoms with Gasteiger partial charge in [0, 0.05) is 19.2 Å². The van der Waals surface area contributed by atoms with Gasteiger partial charge in [-0.15, -0.1) is 0 Å². The molecule has 0 aromatic heterocycles. The van der Waals surface area contributed by atoms with Gasteiger partial charge in [0.05, 0.1) is 6.10 Å². The second kappa shape index (κ2) is 5.10. The maximum absolute atomic E-state index is 5.59. The van der Waals surface area contributed by atoms with Gasteiger partial charge in [-0.25, -0.2) is 0 Å². The van der Waals surface area contributed by atoms with Crippen molar-refractivity contribution < 1.29 is 4.74 Å². The third kappa shape index (κ3) is 2.94. The van der Waals surface area contributed by atoms with Crippen molar-refractivity contribution in [2.75, 3.05) is 33.3 Å². The molecule has 2 heterocycles. The number of rotatable bonds is 3. The number of ether oxygens (including phenoxy) is 1. The molecule has 0 radical (unpaired) electrons. The Bertz CT molecular complexity index is 161. The Morgan fingerprint density at radius 3 is 2.71 bits per heavy atom. The molecule has 3 nitrogen and oxygen atoms in total. The van der Waals surface area contributed by atoms with Crippen molar-refractivity contribution in [3.8, 4) is 0 Å². The van der Waals surface area contributed by atoms with Crippen LogP contribution < -0.4 is 5.32 Å². The predicted octanol–water partition coefficient (Wildman–Crippen LogP) is 0.849. The summed E-state index contributed by atoms with van der Waals surface area (Å²) < 4.78 is 5.59. The third-order valence-corrected chi connectivity index (χ3v) is 3.38. The van der Waals surface area contributed by atoms with E-state index < -0.39 is 0 Å². The molecule has 0 aliphatic carbocycles. The van der Waals surface area contributed by atoms with E-state index in [4.69, 9.17) is 4.74 Å². The summed E-state index contributed by atoms with van der Waals surface area (Å²) in [4.78, 5) is 2.41.